The number of benzene rings is 1. The van der Waals surface area contributed by atoms with Gasteiger partial charge in [-0.25, -0.2) is 4.98 Å². The first kappa shape index (κ1) is 11.9. The van der Waals surface area contributed by atoms with Crippen molar-refractivity contribution in [3.8, 4) is 5.75 Å². The first-order chi connectivity index (χ1) is 8.59. The number of nitrogens with one attached hydrogen (secondary N) is 1. The zero-order valence-corrected chi connectivity index (χ0v) is 9.84. The predicted octanol–water partition coefficient (Wildman–Crippen LogP) is 1.93. The van der Waals surface area contributed by atoms with Gasteiger partial charge in [0.1, 0.15) is 0 Å². The summed E-state index contributed by atoms with van der Waals surface area (Å²) in [7, 11) is 0. The second-order valence-electron chi connectivity index (χ2n) is 3.85. The molecule has 18 heavy (non-hydrogen) atoms. The molecule has 0 aliphatic rings. The number of nitrogen functional groups attached to an aromatic ring is 1. The largest absolute Gasteiger partial charge is 0.504 e. The molecule has 0 bridgehead atoms. The highest BCUT2D eigenvalue weighted by atomic mass is 16.3. The van der Waals surface area contributed by atoms with Crippen LogP contribution in [-0.2, 0) is 0 Å². The number of amides is 1. The minimum absolute atomic E-state index is 0.0765. The molecule has 0 unspecified atom stereocenters. The second-order valence-corrected chi connectivity index (χ2v) is 3.85. The number of carbonyl (C=O) groups is 1. The summed E-state index contributed by atoms with van der Waals surface area (Å²) in [5.74, 6) is -0.300. The van der Waals surface area contributed by atoms with E-state index in [0.29, 0.717) is 16.8 Å². The van der Waals surface area contributed by atoms with E-state index in [-0.39, 0.29) is 17.5 Å². The molecule has 0 radical (unpaired) electrons. The molecule has 0 aliphatic carbocycles. The summed E-state index contributed by atoms with van der Waals surface area (Å²) in [6.07, 6.45) is 1.49. The number of anilines is 2. The SMILES string of the molecule is Cc1c(N)cccc1C(=O)Nc1ncccc1O. The Morgan fingerprint density at radius 1 is 1.33 bits per heavy atom. The second kappa shape index (κ2) is 4.75. The summed E-state index contributed by atoms with van der Waals surface area (Å²) in [6, 6.07) is 8.13. The van der Waals surface area contributed by atoms with Crippen LogP contribution in [0.25, 0.3) is 0 Å². The molecule has 0 spiro atoms. The van der Waals surface area contributed by atoms with E-state index < -0.39 is 0 Å². The Hall–Kier alpha value is -2.56. The van der Waals surface area contributed by atoms with E-state index in [2.05, 4.69) is 10.3 Å². The van der Waals surface area contributed by atoms with Crippen LogP contribution in [0, 0.1) is 6.92 Å². The Morgan fingerprint density at radius 2 is 2.11 bits per heavy atom. The van der Waals surface area contributed by atoms with Gasteiger partial charge in [-0.3, -0.25) is 4.79 Å². The van der Waals surface area contributed by atoms with Crippen LogP contribution < -0.4 is 11.1 Å². The molecular formula is C13H13N3O2. The van der Waals surface area contributed by atoms with E-state index in [4.69, 9.17) is 5.73 Å². The molecule has 5 heteroatoms. The Balaban J connectivity index is 2.28. The van der Waals surface area contributed by atoms with Crippen LogP contribution in [0.1, 0.15) is 15.9 Å². The van der Waals surface area contributed by atoms with Crippen LogP contribution in [0.3, 0.4) is 0 Å². The van der Waals surface area contributed by atoms with Gasteiger partial charge >= 0.3 is 0 Å². The number of pyridine rings is 1. The molecule has 1 heterocycles. The summed E-state index contributed by atoms with van der Waals surface area (Å²) in [4.78, 5) is 15.9. The lowest BCUT2D eigenvalue weighted by Crippen LogP contribution is -2.15. The molecule has 0 saturated carbocycles. The number of carbonyl (C=O) groups excluding carboxylic acids is 1. The number of nitrogens with two attached hydrogens (primary N) is 1. The molecule has 1 aromatic heterocycles. The summed E-state index contributed by atoms with van der Waals surface area (Å²) >= 11 is 0. The van der Waals surface area contributed by atoms with Crippen LogP contribution in [0.5, 0.6) is 5.75 Å². The molecule has 1 aromatic carbocycles. The first-order valence-electron chi connectivity index (χ1n) is 5.40. The van der Waals surface area contributed by atoms with Crippen LogP contribution >= 0.6 is 0 Å². The minimum Gasteiger partial charge on any atom is -0.504 e. The molecule has 5 nitrogen and oxygen atoms in total. The van der Waals surface area contributed by atoms with Crippen molar-refractivity contribution in [2.24, 2.45) is 0 Å². The molecule has 0 fully saturated rings. The van der Waals surface area contributed by atoms with E-state index in [1.807, 2.05) is 0 Å². The molecule has 92 valence electrons. The van der Waals surface area contributed by atoms with Crippen molar-refractivity contribution in [1.82, 2.24) is 4.98 Å². The van der Waals surface area contributed by atoms with E-state index in [1.54, 1.807) is 31.2 Å². The predicted molar refractivity (Wildman–Crippen MR) is 69.4 cm³/mol. The van der Waals surface area contributed by atoms with E-state index in [1.165, 1.54) is 12.3 Å². The van der Waals surface area contributed by atoms with E-state index in [9.17, 15) is 9.90 Å². The van der Waals surface area contributed by atoms with Crippen LogP contribution in [0.4, 0.5) is 11.5 Å². The molecule has 0 saturated heterocycles. The van der Waals surface area contributed by atoms with Crippen molar-refractivity contribution in [3.05, 3.63) is 47.7 Å². The van der Waals surface area contributed by atoms with Gasteiger partial charge in [-0.15, -0.1) is 0 Å². The maximum atomic E-state index is 12.0. The van der Waals surface area contributed by atoms with Gasteiger partial charge in [-0.2, -0.15) is 0 Å². The topological polar surface area (TPSA) is 88.2 Å². The standard InChI is InChI=1S/C13H13N3O2/c1-8-9(4-2-5-10(8)14)13(18)16-12-11(17)6-3-7-15-12/h2-7,17H,14H2,1H3,(H,15,16,18). The molecule has 0 aliphatic heterocycles. The average molecular weight is 243 g/mol. The highest BCUT2D eigenvalue weighted by Crippen LogP contribution is 2.21. The lowest BCUT2D eigenvalue weighted by molar-refractivity contribution is 0.102. The molecular weight excluding hydrogens is 230 g/mol. The van der Waals surface area contributed by atoms with Gasteiger partial charge in [0.05, 0.1) is 0 Å². The minimum atomic E-state index is -0.353. The zero-order chi connectivity index (χ0) is 13.1. The lowest BCUT2D eigenvalue weighted by Gasteiger charge is -2.09. The normalized spacial score (nSPS) is 10.1. The van der Waals surface area contributed by atoms with Gasteiger partial charge in [0.25, 0.3) is 5.91 Å². The van der Waals surface area contributed by atoms with Gasteiger partial charge in [0.15, 0.2) is 11.6 Å². The van der Waals surface area contributed by atoms with Gasteiger partial charge in [0.2, 0.25) is 0 Å². The van der Waals surface area contributed by atoms with Gasteiger partial charge in [-0.05, 0) is 36.8 Å². The summed E-state index contributed by atoms with van der Waals surface area (Å²) in [5, 5.41) is 12.1. The molecule has 1 amide bonds. The van der Waals surface area contributed by atoms with Gasteiger partial charge < -0.3 is 16.2 Å². The number of hydrogen-bond acceptors (Lipinski definition) is 4. The van der Waals surface area contributed by atoms with Crippen LogP contribution in [-0.4, -0.2) is 16.0 Å². The van der Waals surface area contributed by atoms with Crippen molar-refractivity contribution in [2.75, 3.05) is 11.1 Å². The summed E-state index contributed by atoms with van der Waals surface area (Å²) in [5.41, 5.74) is 7.44. The molecule has 2 aromatic rings. The average Bonchev–Trinajstić information content (AvgIpc) is 2.35. The number of hydrogen-bond donors (Lipinski definition) is 3. The molecule has 0 atom stereocenters. The Morgan fingerprint density at radius 3 is 2.83 bits per heavy atom. The quantitative estimate of drug-likeness (QED) is 0.703. The Labute approximate surface area is 104 Å². The maximum absolute atomic E-state index is 12.0. The van der Waals surface area contributed by atoms with Crippen molar-refractivity contribution in [3.63, 3.8) is 0 Å². The molecule has 2 rings (SSSR count). The highest BCUT2D eigenvalue weighted by molar-refractivity contribution is 6.06. The fraction of sp³-hybridized carbons (Fsp3) is 0.0769. The fourth-order valence-corrected chi connectivity index (χ4v) is 1.57. The van der Waals surface area contributed by atoms with Crippen LogP contribution in [0.15, 0.2) is 36.5 Å². The summed E-state index contributed by atoms with van der Waals surface area (Å²) in [6.45, 7) is 1.77. The number of rotatable bonds is 2. The zero-order valence-electron chi connectivity index (χ0n) is 9.84. The Bertz CT molecular complexity index is 597. The fourth-order valence-electron chi connectivity index (χ4n) is 1.57. The van der Waals surface area contributed by atoms with Crippen molar-refractivity contribution in [2.45, 2.75) is 6.92 Å². The van der Waals surface area contributed by atoms with Gasteiger partial charge in [0, 0.05) is 17.4 Å². The lowest BCUT2D eigenvalue weighted by atomic mass is 10.1. The van der Waals surface area contributed by atoms with Crippen molar-refractivity contribution in [1.29, 1.82) is 0 Å². The summed E-state index contributed by atoms with van der Waals surface area (Å²) < 4.78 is 0. The highest BCUT2D eigenvalue weighted by Gasteiger charge is 2.12. The number of aromatic nitrogens is 1. The maximum Gasteiger partial charge on any atom is 0.257 e. The molecule has 4 N–H and O–H groups in total. The smallest absolute Gasteiger partial charge is 0.257 e. The Kier molecular flexibility index (Phi) is 3.14. The monoisotopic (exact) mass is 243 g/mol. The van der Waals surface area contributed by atoms with E-state index in [0.717, 1.165) is 0 Å². The number of nitrogens with zero attached hydrogens (tertiary/aromatic N) is 1. The third kappa shape index (κ3) is 2.24. The third-order valence-electron chi connectivity index (χ3n) is 2.64. The van der Waals surface area contributed by atoms with Crippen molar-refractivity contribution < 1.29 is 9.90 Å². The van der Waals surface area contributed by atoms with E-state index >= 15 is 0 Å². The van der Waals surface area contributed by atoms with Crippen LogP contribution in [0.2, 0.25) is 0 Å². The third-order valence-corrected chi connectivity index (χ3v) is 2.64. The van der Waals surface area contributed by atoms with Crippen molar-refractivity contribution >= 4 is 17.4 Å². The van der Waals surface area contributed by atoms with Gasteiger partial charge in [-0.1, -0.05) is 6.07 Å². The number of aromatic hydroxyl groups is 1. The first-order valence-corrected chi connectivity index (χ1v) is 5.40.